The lowest BCUT2D eigenvalue weighted by Gasteiger charge is -2.32. The molecule has 1 saturated heterocycles. The Balaban J connectivity index is 1.88. The van der Waals surface area contributed by atoms with E-state index in [-0.39, 0.29) is 12.5 Å². The second kappa shape index (κ2) is 7.16. The molecule has 2 rings (SSSR count). The van der Waals surface area contributed by atoms with Crippen LogP contribution in [0.5, 0.6) is 0 Å². The van der Waals surface area contributed by atoms with Crippen LogP contribution in [0.1, 0.15) is 12.8 Å². The van der Waals surface area contributed by atoms with Crippen molar-refractivity contribution in [2.75, 3.05) is 32.0 Å². The smallest absolute Gasteiger partial charge is 0.241 e. The molecule has 6 heteroatoms. The Morgan fingerprint density at radius 2 is 2.05 bits per heavy atom. The third kappa shape index (κ3) is 4.27. The molecule has 1 unspecified atom stereocenters. The molecule has 1 heterocycles. The first-order valence-corrected chi connectivity index (χ1v) is 7.49. The topological polar surface area (TPSA) is 44.4 Å². The Morgan fingerprint density at radius 1 is 1.35 bits per heavy atom. The predicted molar refractivity (Wildman–Crippen MR) is 83.6 cm³/mol. The molecule has 1 atom stereocenters. The maximum Gasteiger partial charge on any atom is 0.241 e. The molecule has 0 aromatic heterocycles. The highest BCUT2D eigenvalue weighted by molar-refractivity contribution is 6.35. The van der Waals surface area contributed by atoms with E-state index in [1.807, 2.05) is 11.9 Å². The van der Waals surface area contributed by atoms with E-state index >= 15 is 0 Å². The molecule has 0 radical (unpaired) electrons. The summed E-state index contributed by atoms with van der Waals surface area (Å²) < 4.78 is 0. The Hall–Kier alpha value is -0.970. The van der Waals surface area contributed by atoms with Crippen molar-refractivity contribution in [3.8, 4) is 0 Å². The quantitative estimate of drug-likeness (QED) is 0.897. The Kier molecular flexibility index (Phi) is 5.52. The molecule has 0 bridgehead atoms. The fraction of sp³-hybridized carbons (Fsp3) is 0.500. The van der Waals surface area contributed by atoms with Crippen molar-refractivity contribution in [3.05, 3.63) is 28.2 Å². The predicted octanol–water partition coefficient (Wildman–Crippen LogP) is 2.62. The number of nitrogens with zero attached hydrogens (tertiary/aromatic N) is 1. The van der Waals surface area contributed by atoms with Crippen molar-refractivity contribution >= 4 is 34.8 Å². The van der Waals surface area contributed by atoms with Crippen LogP contribution in [-0.4, -0.2) is 43.5 Å². The first-order chi connectivity index (χ1) is 9.58. The summed E-state index contributed by atoms with van der Waals surface area (Å²) in [6.07, 6.45) is 2.16. The molecular formula is C14H19Cl2N3O. The van der Waals surface area contributed by atoms with E-state index in [0.29, 0.717) is 16.1 Å². The maximum absolute atomic E-state index is 12.2. The zero-order valence-electron chi connectivity index (χ0n) is 11.5. The number of hydrogen-bond donors (Lipinski definition) is 2. The highest BCUT2D eigenvalue weighted by atomic mass is 35.5. The molecule has 1 fully saturated rings. The number of benzene rings is 1. The molecule has 4 nitrogen and oxygen atoms in total. The van der Waals surface area contributed by atoms with Crippen LogP contribution >= 0.6 is 23.2 Å². The van der Waals surface area contributed by atoms with Gasteiger partial charge in [0.1, 0.15) is 0 Å². The van der Waals surface area contributed by atoms with Gasteiger partial charge in [0.05, 0.1) is 6.54 Å². The lowest BCUT2D eigenvalue weighted by atomic mass is 10.1. The van der Waals surface area contributed by atoms with Gasteiger partial charge in [-0.3, -0.25) is 4.79 Å². The molecule has 1 aromatic rings. The van der Waals surface area contributed by atoms with Gasteiger partial charge in [-0.25, -0.2) is 0 Å². The average Bonchev–Trinajstić information content (AvgIpc) is 2.44. The number of likely N-dealkylation sites (tertiary alicyclic amines) is 1. The summed E-state index contributed by atoms with van der Waals surface area (Å²) in [4.78, 5) is 14.1. The van der Waals surface area contributed by atoms with Crippen molar-refractivity contribution in [1.82, 2.24) is 10.2 Å². The monoisotopic (exact) mass is 315 g/mol. The van der Waals surface area contributed by atoms with Crippen LogP contribution in [0.4, 0.5) is 5.69 Å². The van der Waals surface area contributed by atoms with Gasteiger partial charge in [-0.15, -0.1) is 0 Å². The maximum atomic E-state index is 12.2. The summed E-state index contributed by atoms with van der Waals surface area (Å²) in [5.74, 6) is 0.0982. The van der Waals surface area contributed by atoms with Crippen LogP contribution in [0.15, 0.2) is 18.2 Å². The van der Waals surface area contributed by atoms with Crippen LogP contribution in [0.25, 0.3) is 0 Å². The minimum atomic E-state index is 0.0982. The van der Waals surface area contributed by atoms with Crippen LogP contribution in [0, 0.1) is 0 Å². The number of hydrogen-bond acceptors (Lipinski definition) is 3. The van der Waals surface area contributed by atoms with Crippen LogP contribution in [0.2, 0.25) is 10.0 Å². The molecule has 2 N–H and O–H groups in total. The van der Waals surface area contributed by atoms with Gasteiger partial charge >= 0.3 is 0 Å². The molecule has 1 aliphatic heterocycles. The average molecular weight is 316 g/mol. The lowest BCUT2D eigenvalue weighted by Crippen LogP contribution is -2.48. The van der Waals surface area contributed by atoms with E-state index in [1.54, 1.807) is 18.2 Å². The number of nitrogens with one attached hydrogen (secondary N) is 2. The fourth-order valence-electron chi connectivity index (χ4n) is 2.38. The van der Waals surface area contributed by atoms with E-state index in [0.717, 1.165) is 31.6 Å². The number of likely N-dealkylation sites (N-methyl/N-ethyl adjacent to an activating group) is 1. The molecule has 1 amide bonds. The molecule has 1 aliphatic rings. The lowest BCUT2D eigenvalue weighted by molar-refractivity contribution is -0.130. The van der Waals surface area contributed by atoms with Gasteiger partial charge in [0.25, 0.3) is 0 Å². The number of rotatable bonds is 4. The molecular weight excluding hydrogens is 297 g/mol. The summed E-state index contributed by atoms with van der Waals surface area (Å²) in [5.41, 5.74) is 0.762. The number of halogens is 2. The second-order valence-corrected chi connectivity index (χ2v) is 5.85. The van der Waals surface area contributed by atoms with Gasteiger partial charge in [0.15, 0.2) is 0 Å². The van der Waals surface area contributed by atoms with Gasteiger partial charge in [0.2, 0.25) is 5.91 Å². The minimum Gasteiger partial charge on any atom is -0.376 e. The van der Waals surface area contributed by atoms with Crippen molar-refractivity contribution in [1.29, 1.82) is 0 Å². The van der Waals surface area contributed by atoms with Crippen molar-refractivity contribution < 1.29 is 4.79 Å². The Bertz CT molecular complexity index is 461. The Morgan fingerprint density at radius 3 is 2.70 bits per heavy atom. The van der Waals surface area contributed by atoms with Gasteiger partial charge in [-0.1, -0.05) is 23.2 Å². The van der Waals surface area contributed by atoms with Gasteiger partial charge in [0, 0.05) is 34.9 Å². The summed E-state index contributed by atoms with van der Waals surface area (Å²) in [5, 5.41) is 7.42. The van der Waals surface area contributed by atoms with Crippen molar-refractivity contribution in [3.63, 3.8) is 0 Å². The fourth-order valence-corrected chi connectivity index (χ4v) is 2.91. The summed E-state index contributed by atoms with van der Waals surface area (Å²) in [6, 6.07) is 5.58. The number of carbonyl (C=O) groups is 1. The summed E-state index contributed by atoms with van der Waals surface area (Å²) in [7, 11) is 1.94. The van der Waals surface area contributed by atoms with Crippen LogP contribution < -0.4 is 10.6 Å². The second-order valence-electron chi connectivity index (χ2n) is 4.98. The van der Waals surface area contributed by atoms with Gasteiger partial charge in [-0.2, -0.15) is 0 Å². The minimum absolute atomic E-state index is 0.0982. The molecule has 1 aromatic carbocycles. The number of anilines is 1. The highest BCUT2D eigenvalue weighted by Gasteiger charge is 2.22. The SMILES string of the molecule is CNC1CCCN(C(=O)CNc2cc(Cl)cc(Cl)c2)C1. The van der Waals surface area contributed by atoms with Crippen molar-refractivity contribution in [2.45, 2.75) is 18.9 Å². The molecule has 0 saturated carbocycles. The summed E-state index contributed by atoms with van der Waals surface area (Å²) in [6.45, 7) is 1.86. The molecule has 0 spiro atoms. The van der Waals surface area contributed by atoms with E-state index in [2.05, 4.69) is 10.6 Å². The van der Waals surface area contributed by atoms with E-state index in [9.17, 15) is 4.79 Å². The van der Waals surface area contributed by atoms with Gasteiger partial charge in [-0.05, 0) is 38.1 Å². The number of amides is 1. The van der Waals surface area contributed by atoms with E-state index < -0.39 is 0 Å². The number of carbonyl (C=O) groups excluding carboxylic acids is 1. The first-order valence-electron chi connectivity index (χ1n) is 6.73. The van der Waals surface area contributed by atoms with E-state index in [1.165, 1.54) is 0 Å². The van der Waals surface area contributed by atoms with Gasteiger partial charge < -0.3 is 15.5 Å². The third-order valence-corrected chi connectivity index (χ3v) is 3.93. The first kappa shape index (κ1) is 15.4. The molecule has 20 heavy (non-hydrogen) atoms. The third-order valence-electron chi connectivity index (χ3n) is 3.49. The molecule has 110 valence electrons. The van der Waals surface area contributed by atoms with Crippen molar-refractivity contribution in [2.24, 2.45) is 0 Å². The molecule has 0 aliphatic carbocycles. The largest absolute Gasteiger partial charge is 0.376 e. The number of piperidine rings is 1. The highest BCUT2D eigenvalue weighted by Crippen LogP contribution is 2.22. The van der Waals surface area contributed by atoms with Crippen LogP contribution in [0.3, 0.4) is 0 Å². The van der Waals surface area contributed by atoms with Crippen LogP contribution in [-0.2, 0) is 4.79 Å². The zero-order valence-corrected chi connectivity index (χ0v) is 13.0. The summed E-state index contributed by atoms with van der Waals surface area (Å²) >= 11 is 11.8. The zero-order chi connectivity index (χ0) is 14.5. The standard InChI is InChI=1S/C14H19Cl2N3O/c1-17-12-3-2-4-19(9-12)14(20)8-18-13-6-10(15)5-11(16)7-13/h5-7,12,17-18H,2-4,8-9H2,1H3. The van der Waals surface area contributed by atoms with E-state index in [4.69, 9.17) is 23.2 Å². The normalized spacial score (nSPS) is 18.9. The Labute approximate surface area is 129 Å².